The fourth-order valence-corrected chi connectivity index (χ4v) is 1.30. The van der Waals surface area contributed by atoms with E-state index in [4.69, 9.17) is 0 Å². The molecule has 0 saturated carbocycles. The molecule has 0 fully saturated rings. The van der Waals surface area contributed by atoms with Crippen molar-refractivity contribution in [2.75, 3.05) is 5.32 Å². The lowest BCUT2D eigenvalue weighted by molar-refractivity contribution is 0.628. The van der Waals surface area contributed by atoms with E-state index in [-0.39, 0.29) is 5.82 Å². The molecule has 2 aromatic rings. The zero-order valence-electron chi connectivity index (χ0n) is 8.44. The van der Waals surface area contributed by atoms with Crippen LogP contribution >= 0.6 is 0 Å². The fourth-order valence-electron chi connectivity index (χ4n) is 1.30. The van der Waals surface area contributed by atoms with Crippen molar-refractivity contribution in [3.05, 3.63) is 42.5 Å². The predicted molar refractivity (Wildman–Crippen MR) is 57.6 cm³/mol. The molecule has 0 aliphatic rings. The standard InChI is InChI=1S/C11H12FN3/c1-2-15-8-11(7-13-15)14-10-5-3-9(12)4-6-10/h3-8,14H,2H2,1H3. The highest BCUT2D eigenvalue weighted by Crippen LogP contribution is 2.15. The third kappa shape index (κ3) is 2.34. The molecule has 0 atom stereocenters. The summed E-state index contributed by atoms with van der Waals surface area (Å²) in [7, 11) is 0. The van der Waals surface area contributed by atoms with E-state index < -0.39 is 0 Å². The van der Waals surface area contributed by atoms with Crippen molar-refractivity contribution in [3.63, 3.8) is 0 Å². The molecule has 0 bridgehead atoms. The quantitative estimate of drug-likeness (QED) is 0.835. The van der Waals surface area contributed by atoms with Gasteiger partial charge in [0, 0.05) is 18.4 Å². The molecule has 1 aromatic heterocycles. The second-order valence-corrected chi connectivity index (χ2v) is 3.22. The van der Waals surface area contributed by atoms with Crippen LogP contribution in [0.15, 0.2) is 36.7 Å². The van der Waals surface area contributed by atoms with Crippen molar-refractivity contribution in [2.45, 2.75) is 13.5 Å². The number of nitrogens with one attached hydrogen (secondary N) is 1. The number of benzene rings is 1. The molecule has 0 amide bonds. The van der Waals surface area contributed by atoms with Crippen LogP contribution in [0.2, 0.25) is 0 Å². The van der Waals surface area contributed by atoms with Gasteiger partial charge in [-0.25, -0.2) is 4.39 Å². The second kappa shape index (κ2) is 4.13. The minimum Gasteiger partial charge on any atom is -0.353 e. The first-order chi connectivity index (χ1) is 7.28. The van der Waals surface area contributed by atoms with E-state index in [1.807, 2.05) is 17.8 Å². The molecule has 0 spiro atoms. The van der Waals surface area contributed by atoms with Gasteiger partial charge in [-0.05, 0) is 31.2 Å². The minimum atomic E-state index is -0.232. The van der Waals surface area contributed by atoms with Crippen molar-refractivity contribution >= 4 is 11.4 Å². The summed E-state index contributed by atoms with van der Waals surface area (Å²) >= 11 is 0. The number of rotatable bonds is 3. The van der Waals surface area contributed by atoms with E-state index in [0.29, 0.717) is 0 Å². The van der Waals surface area contributed by atoms with Crippen LogP contribution in [-0.4, -0.2) is 9.78 Å². The third-order valence-electron chi connectivity index (χ3n) is 2.09. The zero-order chi connectivity index (χ0) is 10.7. The highest BCUT2D eigenvalue weighted by atomic mass is 19.1. The van der Waals surface area contributed by atoms with Crippen LogP contribution in [0.1, 0.15) is 6.92 Å². The molecule has 0 aliphatic carbocycles. The minimum absolute atomic E-state index is 0.232. The summed E-state index contributed by atoms with van der Waals surface area (Å²) in [4.78, 5) is 0. The molecule has 0 radical (unpaired) electrons. The topological polar surface area (TPSA) is 29.9 Å². The maximum atomic E-state index is 12.6. The van der Waals surface area contributed by atoms with Crippen molar-refractivity contribution in [2.24, 2.45) is 0 Å². The maximum absolute atomic E-state index is 12.6. The number of hydrogen-bond acceptors (Lipinski definition) is 2. The van der Waals surface area contributed by atoms with Gasteiger partial charge in [0.1, 0.15) is 5.82 Å². The Morgan fingerprint density at radius 2 is 2.00 bits per heavy atom. The van der Waals surface area contributed by atoms with Crippen molar-refractivity contribution in [1.82, 2.24) is 9.78 Å². The first-order valence-corrected chi connectivity index (χ1v) is 4.83. The summed E-state index contributed by atoms with van der Waals surface area (Å²) in [5.74, 6) is -0.232. The first kappa shape index (κ1) is 9.71. The molecular weight excluding hydrogens is 193 g/mol. The van der Waals surface area contributed by atoms with Crippen LogP contribution < -0.4 is 5.32 Å². The summed E-state index contributed by atoms with van der Waals surface area (Å²) in [5, 5.41) is 7.26. The average Bonchev–Trinajstić information content (AvgIpc) is 2.69. The van der Waals surface area contributed by atoms with Gasteiger partial charge in [0.25, 0.3) is 0 Å². The summed E-state index contributed by atoms with van der Waals surface area (Å²) in [6.07, 6.45) is 3.65. The molecule has 1 heterocycles. The second-order valence-electron chi connectivity index (χ2n) is 3.22. The molecule has 3 nitrogen and oxygen atoms in total. The Balaban J connectivity index is 2.11. The van der Waals surface area contributed by atoms with Crippen molar-refractivity contribution in [1.29, 1.82) is 0 Å². The van der Waals surface area contributed by atoms with Crippen LogP contribution in [0.4, 0.5) is 15.8 Å². The fraction of sp³-hybridized carbons (Fsp3) is 0.182. The Labute approximate surface area is 87.5 Å². The van der Waals surface area contributed by atoms with Crippen molar-refractivity contribution in [3.8, 4) is 0 Å². The number of aromatic nitrogens is 2. The lowest BCUT2D eigenvalue weighted by Gasteiger charge is -2.02. The first-order valence-electron chi connectivity index (χ1n) is 4.83. The van der Waals surface area contributed by atoms with Crippen molar-refractivity contribution < 1.29 is 4.39 Å². The zero-order valence-corrected chi connectivity index (χ0v) is 8.44. The monoisotopic (exact) mass is 205 g/mol. The summed E-state index contributed by atoms with van der Waals surface area (Å²) in [6, 6.07) is 6.23. The van der Waals surface area contributed by atoms with Gasteiger partial charge in [0.15, 0.2) is 0 Å². The SMILES string of the molecule is CCn1cc(Nc2ccc(F)cc2)cn1. The Kier molecular flexibility index (Phi) is 2.67. The van der Waals surface area contributed by atoms with E-state index in [9.17, 15) is 4.39 Å². The van der Waals surface area contributed by atoms with E-state index >= 15 is 0 Å². The van der Waals surface area contributed by atoms with Crippen LogP contribution in [0.5, 0.6) is 0 Å². The van der Waals surface area contributed by atoms with Crippen LogP contribution in [0, 0.1) is 5.82 Å². The molecule has 2 rings (SSSR count). The summed E-state index contributed by atoms with van der Waals surface area (Å²) in [5.41, 5.74) is 1.76. The van der Waals surface area contributed by atoms with E-state index in [1.165, 1.54) is 12.1 Å². The van der Waals surface area contributed by atoms with Gasteiger partial charge < -0.3 is 5.32 Å². The Morgan fingerprint density at radius 1 is 1.27 bits per heavy atom. The Hall–Kier alpha value is -1.84. The molecule has 4 heteroatoms. The largest absolute Gasteiger partial charge is 0.353 e. The van der Waals surface area contributed by atoms with Gasteiger partial charge in [-0.1, -0.05) is 0 Å². The predicted octanol–water partition coefficient (Wildman–Crippen LogP) is 2.79. The Bertz CT molecular complexity index is 433. The third-order valence-corrected chi connectivity index (χ3v) is 2.09. The van der Waals surface area contributed by atoms with Gasteiger partial charge >= 0.3 is 0 Å². The molecular formula is C11H12FN3. The number of hydrogen-bond donors (Lipinski definition) is 1. The highest BCUT2D eigenvalue weighted by molar-refractivity contribution is 5.57. The van der Waals surface area contributed by atoms with E-state index in [0.717, 1.165) is 17.9 Å². The van der Waals surface area contributed by atoms with Gasteiger partial charge in [-0.15, -0.1) is 0 Å². The lowest BCUT2D eigenvalue weighted by atomic mass is 10.3. The smallest absolute Gasteiger partial charge is 0.123 e. The van der Waals surface area contributed by atoms with Crippen LogP contribution in [0.25, 0.3) is 0 Å². The molecule has 78 valence electrons. The van der Waals surface area contributed by atoms with E-state index in [1.54, 1.807) is 18.3 Å². The lowest BCUT2D eigenvalue weighted by Crippen LogP contribution is -1.92. The molecule has 15 heavy (non-hydrogen) atoms. The van der Waals surface area contributed by atoms with Gasteiger partial charge in [0.2, 0.25) is 0 Å². The molecule has 1 aromatic carbocycles. The molecule has 0 saturated heterocycles. The molecule has 1 N–H and O–H groups in total. The number of nitrogens with zero attached hydrogens (tertiary/aromatic N) is 2. The number of anilines is 2. The van der Waals surface area contributed by atoms with Gasteiger partial charge in [-0.3, -0.25) is 4.68 Å². The molecule has 0 aliphatic heterocycles. The highest BCUT2D eigenvalue weighted by Gasteiger charge is 1.97. The van der Waals surface area contributed by atoms with Crippen LogP contribution in [0.3, 0.4) is 0 Å². The normalized spacial score (nSPS) is 10.3. The Morgan fingerprint density at radius 3 is 2.60 bits per heavy atom. The average molecular weight is 205 g/mol. The maximum Gasteiger partial charge on any atom is 0.123 e. The summed E-state index contributed by atoms with van der Waals surface area (Å²) < 4.78 is 14.5. The van der Waals surface area contributed by atoms with E-state index in [2.05, 4.69) is 10.4 Å². The summed E-state index contributed by atoms with van der Waals surface area (Å²) in [6.45, 7) is 2.86. The van der Waals surface area contributed by atoms with Crippen LogP contribution in [-0.2, 0) is 6.54 Å². The van der Waals surface area contributed by atoms with Gasteiger partial charge in [-0.2, -0.15) is 5.10 Å². The molecule has 0 unspecified atom stereocenters. The number of halogens is 1. The van der Waals surface area contributed by atoms with Gasteiger partial charge in [0.05, 0.1) is 11.9 Å². The number of aryl methyl sites for hydroxylation is 1.